The third kappa shape index (κ3) is 2.24. The summed E-state index contributed by atoms with van der Waals surface area (Å²) >= 11 is 0. The van der Waals surface area contributed by atoms with Gasteiger partial charge in [0.1, 0.15) is 17.3 Å². The van der Waals surface area contributed by atoms with Crippen LogP contribution in [0.4, 0.5) is 0 Å². The summed E-state index contributed by atoms with van der Waals surface area (Å²) in [6, 6.07) is 2.65. The summed E-state index contributed by atoms with van der Waals surface area (Å²) in [4.78, 5) is 41.6. The van der Waals surface area contributed by atoms with E-state index in [1.54, 1.807) is 12.3 Å². The molecular formula is C15H15N3O4. The SMILES string of the molecule is Cc1ccc2ncc(C(=O)N3CCCC3C(=O)O)c(=O)n2c1. The quantitative estimate of drug-likeness (QED) is 0.881. The molecule has 0 bridgehead atoms. The van der Waals surface area contributed by atoms with Crippen LogP contribution in [0.1, 0.15) is 28.8 Å². The summed E-state index contributed by atoms with van der Waals surface area (Å²) < 4.78 is 1.31. The number of nitrogens with zero attached hydrogens (tertiary/aromatic N) is 3. The second-order valence-electron chi connectivity index (χ2n) is 5.41. The molecule has 2 aromatic heterocycles. The molecule has 1 fully saturated rings. The number of aromatic nitrogens is 2. The molecule has 0 saturated carbocycles. The van der Waals surface area contributed by atoms with E-state index in [-0.39, 0.29) is 5.56 Å². The first-order chi connectivity index (χ1) is 10.5. The molecule has 7 nitrogen and oxygen atoms in total. The van der Waals surface area contributed by atoms with E-state index in [1.165, 1.54) is 15.5 Å². The fourth-order valence-corrected chi connectivity index (χ4v) is 2.75. The van der Waals surface area contributed by atoms with Gasteiger partial charge in [-0.15, -0.1) is 0 Å². The molecule has 1 aliphatic rings. The number of rotatable bonds is 2. The fourth-order valence-electron chi connectivity index (χ4n) is 2.75. The number of pyridine rings is 1. The van der Waals surface area contributed by atoms with Gasteiger partial charge in [-0.3, -0.25) is 14.0 Å². The number of likely N-dealkylation sites (tertiary alicyclic amines) is 1. The van der Waals surface area contributed by atoms with E-state index < -0.39 is 23.5 Å². The van der Waals surface area contributed by atoms with Gasteiger partial charge in [0.05, 0.1) is 0 Å². The lowest BCUT2D eigenvalue weighted by atomic mass is 10.2. The van der Waals surface area contributed by atoms with E-state index in [9.17, 15) is 14.4 Å². The molecule has 1 aliphatic heterocycles. The normalized spacial score (nSPS) is 17.9. The van der Waals surface area contributed by atoms with Gasteiger partial charge in [0.2, 0.25) is 0 Å². The van der Waals surface area contributed by atoms with Crippen molar-refractivity contribution in [1.82, 2.24) is 14.3 Å². The zero-order chi connectivity index (χ0) is 15.9. The molecule has 7 heteroatoms. The van der Waals surface area contributed by atoms with Gasteiger partial charge in [-0.1, -0.05) is 6.07 Å². The predicted molar refractivity (Wildman–Crippen MR) is 77.9 cm³/mol. The standard InChI is InChI=1S/C15H15N3O4/c1-9-4-5-12-16-7-10(14(20)18(12)8-9)13(19)17-6-2-3-11(17)15(21)22/h4-5,7-8,11H,2-3,6H2,1H3,(H,21,22). The van der Waals surface area contributed by atoms with Gasteiger partial charge in [0, 0.05) is 18.9 Å². The van der Waals surface area contributed by atoms with Crippen LogP contribution in [0.15, 0.2) is 29.3 Å². The number of carbonyl (C=O) groups is 2. The highest BCUT2D eigenvalue weighted by Crippen LogP contribution is 2.19. The van der Waals surface area contributed by atoms with Crippen LogP contribution in [0.2, 0.25) is 0 Å². The van der Waals surface area contributed by atoms with Gasteiger partial charge in [-0.05, 0) is 31.4 Å². The molecule has 22 heavy (non-hydrogen) atoms. The number of hydrogen-bond donors (Lipinski definition) is 1. The molecule has 3 rings (SSSR count). The summed E-state index contributed by atoms with van der Waals surface area (Å²) in [5, 5.41) is 9.16. The van der Waals surface area contributed by atoms with Crippen LogP contribution in [0.3, 0.4) is 0 Å². The van der Waals surface area contributed by atoms with E-state index >= 15 is 0 Å². The Bertz CT molecular complexity index is 827. The van der Waals surface area contributed by atoms with Crippen LogP contribution in [-0.2, 0) is 4.79 Å². The maximum Gasteiger partial charge on any atom is 0.326 e. The molecule has 114 valence electrons. The fraction of sp³-hybridized carbons (Fsp3) is 0.333. The number of aryl methyl sites for hydroxylation is 1. The topological polar surface area (TPSA) is 92.0 Å². The molecule has 3 heterocycles. The Morgan fingerprint density at radius 1 is 1.36 bits per heavy atom. The first kappa shape index (κ1) is 14.2. The van der Waals surface area contributed by atoms with Gasteiger partial charge in [0.15, 0.2) is 0 Å². The molecular weight excluding hydrogens is 286 g/mol. The molecule has 1 amide bonds. The van der Waals surface area contributed by atoms with E-state index in [4.69, 9.17) is 5.11 Å². The minimum Gasteiger partial charge on any atom is -0.480 e. The lowest BCUT2D eigenvalue weighted by molar-refractivity contribution is -0.141. The van der Waals surface area contributed by atoms with E-state index in [0.717, 1.165) is 5.56 Å². The highest BCUT2D eigenvalue weighted by Gasteiger charge is 2.35. The van der Waals surface area contributed by atoms with Gasteiger partial charge in [-0.25, -0.2) is 9.78 Å². The summed E-state index contributed by atoms with van der Waals surface area (Å²) in [5.74, 6) is -1.62. The Hall–Kier alpha value is -2.70. The highest BCUT2D eigenvalue weighted by atomic mass is 16.4. The Balaban J connectivity index is 2.06. The van der Waals surface area contributed by atoms with Crippen molar-refractivity contribution in [2.75, 3.05) is 6.54 Å². The van der Waals surface area contributed by atoms with E-state index in [1.807, 2.05) is 13.0 Å². The van der Waals surface area contributed by atoms with Crippen molar-refractivity contribution in [2.24, 2.45) is 0 Å². The van der Waals surface area contributed by atoms with Crippen LogP contribution < -0.4 is 5.56 Å². The van der Waals surface area contributed by atoms with Crippen molar-refractivity contribution < 1.29 is 14.7 Å². The van der Waals surface area contributed by atoms with Crippen LogP contribution in [0, 0.1) is 6.92 Å². The minimum atomic E-state index is -1.05. The van der Waals surface area contributed by atoms with Crippen LogP contribution in [0.25, 0.3) is 5.65 Å². The zero-order valence-electron chi connectivity index (χ0n) is 12.0. The maximum absolute atomic E-state index is 12.5. The number of hydrogen-bond acceptors (Lipinski definition) is 4. The molecule has 0 radical (unpaired) electrons. The van der Waals surface area contributed by atoms with Crippen LogP contribution >= 0.6 is 0 Å². The minimum absolute atomic E-state index is 0.101. The van der Waals surface area contributed by atoms with Gasteiger partial charge in [-0.2, -0.15) is 0 Å². The van der Waals surface area contributed by atoms with Gasteiger partial charge in [0.25, 0.3) is 11.5 Å². The van der Waals surface area contributed by atoms with E-state index in [2.05, 4.69) is 4.98 Å². The molecule has 1 saturated heterocycles. The predicted octanol–water partition coefficient (Wildman–Crippen LogP) is 0.692. The van der Waals surface area contributed by atoms with Gasteiger partial charge >= 0.3 is 5.97 Å². The number of amides is 1. The Morgan fingerprint density at radius 2 is 2.14 bits per heavy atom. The number of fused-ring (bicyclic) bond motifs is 1. The van der Waals surface area contributed by atoms with Crippen molar-refractivity contribution in [2.45, 2.75) is 25.8 Å². The highest BCUT2D eigenvalue weighted by molar-refractivity contribution is 5.96. The molecule has 0 aromatic carbocycles. The molecule has 0 aliphatic carbocycles. The lowest BCUT2D eigenvalue weighted by Gasteiger charge is -2.21. The summed E-state index contributed by atoms with van der Waals surface area (Å²) in [6.45, 7) is 2.17. The van der Waals surface area contributed by atoms with Gasteiger partial charge < -0.3 is 10.0 Å². The Morgan fingerprint density at radius 3 is 2.86 bits per heavy atom. The number of carbonyl (C=O) groups excluding carboxylic acids is 1. The average molecular weight is 301 g/mol. The van der Waals surface area contributed by atoms with Crippen molar-refractivity contribution >= 4 is 17.5 Å². The molecule has 1 atom stereocenters. The Labute approximate surface area is 125 Å². The lowest BCUT2D eigenvalue weighted by Crippen LogP contribution is -2.42. The molecule has 1 unspecified atom stereocenters. The molecule has 1 N–H and O–H groups in total. The first-order valence-electron chi connectivity index (χ1n) is 7.01. The molecule has 0 spiro atoms. The summed E-state index contributed by atoms with van der Waals surface area (Å²) in [7, 11) is 0. The smallest absolute Gasteiger partial charge is 0.326 e. The third-order valence-electron chi connectivity index (χ3n) is 3.88. The maximum atomic E-state index is 12.5. The second-order valence-corrected chi connectivity index (χ2v) is 5.41. The van der Waals surface area contributed by atoms with Crippen molar-refractivity contribution in [3.63, 3.8) is 0 Å². The second kappa shape index (κ2) is 5.25. The van der Waals surface area contributed by atoms with Crippen LogP contribution in [-0.4, -0.2) is 43.9 Å². The van der Waals surface area contributed by atoms with Crippen molar-refractivity contribution in [3.8, 4) is 0 Å². The first-order valence-corrected chi connectivity index (χ1v) is 7.01. The monoisotopic (exact) mass is 301 g/mol. The van der Waals surface area contributed by atoms with E-state index in [0.29, 0.717) is 25.0 Å². The van der Waals surface area contributed by atoms with Crippen molar-refractivity contribution in [3.05, 3.63) is 46.0 Å². The summed E-state index contributed by atoms with van der Waals surface area (Å²) in [5.41, 5.74) is 0.736. The van der Waals surface area contributed by atoms with Crippen molar-refractivity contribution in [1.29, 1.82) is 0 Å². The number of carboxylic acids is 1. The molecule has 2 aromatic rings. The summed E-state index contributed by atoms with van der Waals surface area (Å²) in [6.07, 6.45) is 3.86. The third-order valence-corrected chi connectivity index (χ3v) is 3.88. The number of aliphatic carboxylic acids is 1. The van der Waals surface area contributed by atoms with Crippen LogP contribution in [0.5, 0.6) is 0 Å². The average Bonchev–Trinajstić information content (AvgIpc) is 2.97. The zero-order valence-corrected chi connectivity index (χ0v) is 12.0. The number of carboxylic acid groups (broad SMARTS) is 1. The largest absolute Gasteiger partial charge is 0.480 e. The Kier molecular flexibility index (Phi) is 3.40.